The molecule has 11 aromatic carbocycles. The Labute approximate surface area is 401 Å². The summed E-state index contributed by atoms with van der Waals surface area (Å²) in [5.41, 5.74) is 6.58. The second-order valence-electron chi connectivity index (χ2n) is 16.6. The van der Waals surface area contributed by atoms with E-state index in [9.17, 15) is 17.3 Å². The van der Waals surface area contributed by atoms with Gasteiger partial charge >= 0.3 is 0 Å². The molecule has 0 fully saturated rings. The van der Waals surface area contributed by atoms with Crippen molar-refractivity contribution in [2.75, 3.05) is 0 Å². The first-order chi connectivity index (χ1) is 37.0. The first kappa shape index (κ1) is 29.4. The second-order valence-corrected chi connectivity index (χ2v) is 17.6. The molecule has 0 radical (unpaired) electrons. The first-order valence-electron chi connectivity index (χ1n) is 26.2. The molecule has 14 aromatic rings. The van der Waals surface area contributed by atoms with Gasteiger partial charge in [0.15, 0.2) is 0 Å². The highest BCUT2D eigenvalue weighted by molar-refractivity contribution is 7.26. The van der Waals surface area contributed by atoms with Crippen LogP contribution in [0.2, 0.25) is 0 Å². The van der Waals surface area contributed by atoms with Crippen molar-refractivity contribution in [1.29, 1.82) is 5.26 Å². The maximum Gasteiger partial charge on any atom is 0.220 e. The average molecular weight is 876 g/mol. The Balaban J connectivity index is 1.28. The fourth-order valence-electron chi connectivity index (χ4n) is 10.8. The highest BCUT2D eigenvalue weighted by atomic mass is 32.1. The molecule has 0 aliphatic rings. The number of rotatable bonds is 5. The van der Waals surface area contributed by atoms with E-state index >= 15 is 0 Å². The molecule has 4 nitrogen and oxygen atoms in total. The normalized spacial score (nSPS) is 13.7. The van der Waals surface area contributed by atoms with E-state index in [4.69, 9.17) is 6.85 Å². The largest absolute Gasteiger partial charge is 0.318 e. The maximum atomic E-state index is 12.1. The van der Waals surface area contributed by atoms with Gasteiger partial charge in [-0.15, -0.1) is 11.3 Å². The van der Waals surface area contributed by atoms with Crippen molar-refractivity contribution in [1.82, 2.24) is 9.13 Å². The number of fused-ring (bicyclic) bond motifs is 10. The van der Waals surface area contributed by atoms with Crippen molar-refractivity contribution in [2.24, 2.45) is 0 Å². The van der Waals surface area contributed by atoms with Crippen LogP contribution in [0.3, 0.4) is 0 Å². The Hall–Kier alpha value is -9.00. The summed E-state index contributed by atoms with van der Waals surface area (Å²) in [5.74, 6) is 0. The van der Waals surface area contributed by atoms with Crippen molar-refractivity contribution in [2.45, 2.75) is 0 Å². The molecule has 0 atom stereocenters. The van der Waals surface area contributed by atoms with E-state index in [-0.39, 0.29) is 53.1 Å². The molecule has 3 heterocycles. The van der Waals surface area contributed by atoms with E-state index in [1.165, 1.54) is 0 Å². The lowest BCUT2D eigenvalue weighted by Crippen LogP contribution is -2.08. The fraction of sp³-hybridized carbons (Fsp3) is 0. The van der Waals surface area contributed by atoms with Crippen LogP contribution in [0.15, 0.2) is 206 Å². The van der Waals surface area contributed by atoms with Crippen molar-refractivity contribution < 1.29 is 12.3 Å². The van der Waals surface area contributed by atoms with Gasteiger partial charge in [-0.1, -0.05) is 182 Å². The quantitative estimate of drug-likeness (QED) is 0.125. The first-order valence-corrected chi connectivity index (χ1v) is 22.5. The average Bonchev–Trinajstić information content (AvgIpc) is 4.17. The number of benzene rings is 11. The Kier molecular flexibility index (Phi) is 6.26. The molecule has 308 valence electrons. The van der Waals surface area contributed by atoms with Gasteiger partial charge in [-0.25, -0.2) is 4.85 Å². The molecule has 0 amide bonds. The third-order valence-electron chi connectivity index (χ3n) is 13.3. The van der Waals surface area contributed by atoms with Crippen LogP contribution in [-0.4, -0.2) is 9.13 Å². The summed E-state index contributed by atoms with van der Waals surface area (Å²) in [6, 6.07) is 47.8. The molecule has 0 N–H and O–H groups in total. The predicted octanol–water partition coefficient (Wildman–Crippen LogP) is 17.4. The molecule has 0 unspecified atom stereocenters. The van der Waals surface area contributed by atoms with Crippen LogP contribution in [0, 0.1) is 17.9 Å². The number of nitriles is 1. The fourth-order valence-corrected chi connectivity index (χ4v) is 12.0. The van der Waals surface area contributed by atoms with Gasteiger partial charge in [0.1, 0.15) is 6.07 Å². The zero-order valence-electron chi connectivity index (χ0n) is 44.1. The smallest absolute Gasteiger partial charge is 0.220 e. The van der Waals surface area contributed by atoms with Gasteiger partial charge in [0, 0.05) is 48.1 Å². The molecular weight excluding hydrogens is 833 g/mol. The maximum absolute atomic E-state index is 12.1. The summed E-state index contributed by atoms with van der Waals surface area (Å²) in [4.78, 5) is 4.45. The third kappa shape index (κ3) is 5.09. The highest BCUT2D eigenvalue weighted by Crippen LogP contribution is 2.55. The minimum Gasteiger partial charge on any atom is -0.318 e. The molecule has 5 heteroatoms. The van der Waals surface area contributed by atoms with Gasteiger partial charge in [-0.05, 0) is 68.1 Å². The molecule has 0 saturated heterocycles. The van der Waals surface area contributed by atoms with Crippen LogP contribution in [0.1, 0.15) is 17.9 Å². The van der Waals surface area contributed by atoms with Crippen molar-refractivity contribution in [3.63, 3.8) is 0 Å². The highest BCUT2D eigenvalue weighted by Gasteiger charge is 2.33. The molecule has 0 aliphatic carbocycles. The van der Waals surface area contributed by atoms with Crippen LogP contribution >= 0.6 is 11.3 Å². The zero-order valence-corrected chi connectivity index (χ0v) is 35.9. The topological polar surface area (TPSA) is 38.0 Å². The standard InChI is InChI=1S/C62H34N4S/c1-64-58-53(38-20-7-3-8-21-38)48(36-63)59(66-49-30-15-27-40(37-18-5-2-6-19-37)55(49)47-35-34-46-43-26-13-14-33-52(43)67-62(46)60(47)66)54(39-22-9-4-10-23-39)61(58)65-50-31-16-28-44-41-24-11-12-25-42(41)45-29-17-32-51(65)57(45)56(44)50/h2-35H/i2D,5D,6D,11D,12D,18D,19D,24D,25D. The summed E-state index contributed by atoms with van der Waals surface area (Å²) in [6.45, 7) is 9.35. The molecule has 0 saturated carbocycles. The van der Waals surface area contributed by atoms with Crippen molar-refractivity contribution in [3.05, 3.63) is 223 Å². The van der Waals surface area contributed by atoms with Crippen LogP contribution < -0.4 is 0 Å². The molecule has 67 heavy (non-hydrogen) atoms. The molecule has 0 bridgehead atoms. The van der Waals surface area contributed by atoms with Crippen LogP contribution in [0.4, 0.5) is 5.69 Å². The van der Waals surface area contributed by atoms with Crippen LogP contribution in [-0.2, 0) is 0 Å². The van der Waals surface area contributed by atoms with E-state index in [1.54, 1.807) is 17.4 Å². The van der Waals surface area contributed by atoms with Gasteiger partial charge < -0.3 is 9.13 Å². The monoisotopic (exact) mass is 875 g/mol. The molecule has 0 spiro atoms. The van der Waals surface area contributed by atoms with E-state index in [0.29, 0.717) is 93.6 Å². The number of aromatic nitrogens is 2. The van der Waals surface area contributed by atoms with Crippen LogP contribution in [0.5, 0.6) is 0 Å². The SMILES string of the molecule is [2H]c1c([2H])c([2H])c(-c2cccc3c2c2ccc4c5ccccc5sc4c2n3-c2c(C#N)c(-c3ccccc3)c([N+]#[C-])c(-n3c4cccc5c6c([2H])c([2H])c([2H])c([2H])c6c6cccc3c6c54)c2-c2ccccc2)c([2H])c1[2H]. The van der Waals surface area contributed by atoms with Gasteiger partial charge in [0.25, 0.3) is 0 Å². The molecule has 3 aromatic heterocycles. The number of thiophene rings is 1. The Bertz CT molecular complexity index is 4880. The second kappa shape index (κ2) is 14.2. The van der Waals surface area contributed by atoms with Gasteiger partial charge in [-0.2, -0.15) is 5.26 Å². The lowest BCUT2D eigenvalue weighted by Gasteiger charge is -2.26. The minimum absolute atomic E-state index is 0.0371. The van der Waals surface area contributed by atoms with E-state index < -0.39 is 18.1 Å². The Morgan fingerprint density at radius 3 is 1.70 bits per heavy atom. The van der Waals surface area contributed by atoms with Gasteiger partial charge in [0.2, 0.25) is 5.69 Å². The molecular formula is C62H34N4S. The lowest BCUT2D eigenvalue weighted by atomic mass is 9.88. The summed E-state index contributed by atoms with van der Waals surface area (Å²) in [6.07, 6.45) is 0. The van der Waals surface area contributed by atoms with E-state index in [2.05, 4.69) is 38.2 Å². The third-order valence-corrected chi connectivity index (χ3v) is 14.5. The van der Waals surface area contributed by atoms with Crippen molar-refractivity contribution in [3.8, 4) is 50.8 Å². The van der Waals surface area contributed by atoms with E-state index in [1.807, 2.05) is 127 Å². The minimum atomic E-state index is -0.501. The Morgan fingerprint density at radius 1 is 0.478 bits per heavy atom. The lowest BCUT2D eigenvalue weighted by molar-refractivity contribution is 1.14. The van der Waals surface area contributed by atoms with Crippen LogP contribution in [0.25, 0.3) is 135 Å². The van der Waals surface area contributed by atoms with Gasteiger partial charge in [0.05, 0.1) is 62.6 Å². The number of hydrogen-bond acceptors (Lipinski definition) is 2. The zero-order chi connectivity index (χ0) is 52.2. The number of hydrogen-bond donors (Lipinski definition) is 0. The Morgan fingerprint density at radius 2 is 1.04 bits per heavy atom. The van der Waals surface area contributed by atoms with E-state index in [0.717, 1.165) is 30.9 Å². The predicted molar refractivity (Wildman–Crippen MR) is 281 cm³/mol. The molecule has 0 aliphatic heterocycles. The van der Waals surface area contributed by atoms with Gasteiger partial charge in [-0.3, -0.25) is 0 Å². The summed E-state index contributed by atoms with van der Waals surface area (Å²) < 4.78 is 86.9. The van der Waals surface area contributed by atoms with Crippen molar-refractivity contribution >= 4 is 102 Å². The summed E-state index contributed by atoms with van der Waals surface area (Å²) >= 11 is 1.59. The summed E-state index contributed by atoms with van der Waals surface area (Å²) in [7, 11) is 0. The summed E-state index contributed by atoms with van der Waals surface area (Å²) in [5, 5.41) is 18.9. The molecule has 14 rings (SSSR count). The number of nitrogens with zero attached hydrogens (tertiary/aromatic N) is 4.